The number of carbonyl (C=O) groups excluding carboxylic acids is 1. The fraction of sp³-hybridized carbons (Fsp3) is 0.545. The predicted octanol–water partition coefficient (Wildman–Crippen LogP) is 2.33. The van der Waals surface area contributed by atoms with Crippen LogP contribution < -0.4 is 10.5 Å². The van der Waals surface area contributed by atoms with Gasteiger partial charge in [0.15, 0.2) is 17.4 Å². The number of fused-ring (bicyclic) bond motifs is 2. The van der Waals surface area contributed by atoms with Crippen LogP contribution in [0.15, 0.2) is 21.6 Å². The van der Waals surface area contributed by atoms with Crippen molar-refractivity contribution >= 4 is 15.9 Å². The highest BCUT2D eigenvalue weighted by Crippen LogP contribution is 2.40. The molecule has 2 saturated heterocycles. The molecule has 12 heteroatoms. The second-order valence-corrected chi connectivity index (χ2v) is 10.8. The molecule has 3 heterocycles. The lowest BCUT2D eigenvalue weighted by molar-refractivity contribution is -0.135. The summed E-state index contributed by atoms with van der Waals surface area (Å²) in [6.07, 6.45) is 2.72. The van der Waals surface area contributed by atoms with E-state index in [9.17, 15) is 26.4 Å². The number of nitrogens with two attached hydrogens (primary N) is 1. The number of nitrogens with zero attached hydrogens (tertiary/aromatic N) is 2. The third kappa shape index (κ3) is 4.71. The Balaban J connectivity index is 1.38. The van der Waals surface area contributed by atoms with E-state index in [2.05, 4.69) is 9.88 Å². The number of hydrogen-bond donors (Lipinski definition) is 2. The molecule has 2 aliphatic heterocycles. The third-order valence-corrected chi connectivity index (χ3v) is 8.50. The number of sulfonamides is 1. The molecule has 8 nitrogen and oxygen atoms in total. The maximum absolute atomic E-state index is 14.0. The van der Waals surface area contributed by atoms with Gasteiger partial charge in [-0.25, -0.2) is 26.3 Å². The number of amides is 1. The Labute approximate surface area is 195 Å². The summed E-state index contributed by atoms with van der Waals surface area (Å²) in [6.45, 7) is 2.60. The van der Waals surface area contributed by atoms with E-state index in [1.807, 2.05) is 0 Å². The van der Waals surface area contributed by atoms with E-state index in [1.165, 1.54) is 13.8 Å². The van der Waals surface area contributed by atoms with E-state index < -0.39 is 40.1 Å². The standard InChI is InChI=1S/C22H27F3N4O4S/c1-11-22(12(2)33-28-11)34(31,32)27-10-21(30)29-15-3-4-16(29)6-14(5-15)20(26)8-13-7-18(24)19(25)9-17(13)23/h7,9,14-16,20,27H,3-6,8,10,26H2,1-2H3/t14?,15-,16+,20-/m1/s1. The molecule has 1 aromatic heterocycles. The van der Waals surface area contributed by atoms with E-state index in [1.54, 1.807) is 4.90 Å². The van der Waals surface area contributed by atoms with Crippen molar-refractivity contribution in [1.29, 1.82) is 0 Å². The summed E-state index contributed by atoms with van der Waals surface area (Å²) < 4.78 is 73.2. The molecule has 1 unspecified atom stereocenters. The van der Waals surface area contributed by atoms with Crippen molar-refractivity contribution in [1.82, 2.24) is 14.8 Å². The van der Waals surface area contributed by atoms with Crippen molar-refractivity contribution in [3.05, 3.63) is 46.6 Å². The Kier molecular flexibility index (Phi) is 6.76. The molecular formula is C22H27F3N4O4S. The number of piperidine rings is 1. The van der Waals surface area contributed by atoms with E-state index in [4.69, 9.17) is 10.3 Å². The quantitative estimate of drug-likeness (QED) is 0.564. The minimum absolute atomic E-state index is 0.0194. The summed E-state index contributed by atoms with van der Waals surface area (Å²) in [5, 5.41) is 3.64. The maximum Gasteiger partial charge on any atom is 0.246 e. The first-order valence-electron chi connectivity index (χ1n) is 11.1. The lowest BCUT2D eigenvalue weighted by Crippen LogP contribution is -2.52. The van der Waals surface area contributed by atoms with Crippen molar-refractivity contribution in [2.75, 3.05) is 6.54 Å². The summed E-state index contributed by atoms with van der Waals surface area (Å²) in [5.41, 5.74) is 6.55. The zero-order valence-electron chi connectivity index (χ0n) is 18.9. The Hall–Kier alpha value is -2.44. The van der Waals surface area contributed by atoms with E-state index in [-0.39, 0.29) is 52.2 Å². The zero-order valence-corrected chi connectivity index (χ0v) is 19.7. The van der Waals surface area contributed by atoms with Crippen LogP contribution in [0.4, 0.5) is 13.2 Å². The van der Waals surface area contributed by atoms with Gasteiger partial charge in [0.25, 0.3) is 0 Å². The molecule has 1 amide bonds. The fourth-order valence-corrected chi connectivity index (χ4v) is 6.59. The molecule has 34 heavy (non-hydrogen) atoms. The fourth-order valence-electron chi connectivity index (χ4n) is 5.30. The molecule has 186 valence electrons. The molecule has 0 saturated carbocycles. The van der Waals surface area contributed by atoms with Crippen molar-refractivity contribution in [2.45, 2.75) is 69.0 Å². The third-order valence-electron chi connectivity index (χ3n) is 6.86. The lowest BCUT2D eigenvalue weighted by atomic mass is 9.82. The van der Waals surface area contributed by atoms with Crippen molar-refractivity contribution in [2.24, 2.45) is 11.7 Å². The number of hydrogen-bond acceptors (Lipinski definition) is 6. The molecule has 2 fully saturated rings. The Morgan fingerprint density at radius 3 is 2.38 bits per heavy atom. The van der Waals surface area contributed by atoms with Gasteiger partial charge in [0.2, 0.25) is 15.9 Å². The van der Waals surface area contributed by atoms with Gasteiger partial charge in [-0.1, -0.05) is 5.16 Å². The molecule has 2 aromatic rings. The molecule has 2 aliphatic rings. The Morgan fingerprint density at radius 2 is 1.79 bits per heavy atom. The molecule has 4 atom stereocenters. The Morgan fingerprint density at radius 1 is 1.18 bits per heavy atom. The van der Waals surface area contributed by atoms with Crippen molar-refractivity contribution in [3.63, 3.8) is 0 Å². The van der Waals surface area contributed by atoms with Gasteiger partial charge in [-0.05, 0) is 63.5 Å². The molecule has 0 aliphatic carbocycles. The number of aryl methyl sites for hydroxylation is 2. The summed E-state index contributed by atoms with van der Waals surface area (Å²) in [5.74, 6) is -3.43. The summed E-state index contributed by atoms with van der Waals surface area (Å²) in [4.78, 5) is 14.6. The minimum Gasteiger partial charge on any atom is -0.360 e. The van der Waals surface area contributed by atoms with Crippen LogP contribution >= 0.6 is 0 Å². The van der Waals surface area contributed by atoms with Gasteiger partial charge in [0.1, 0.15) is 16.4 Å². The smallest absolute Gasteiger partial charge is 0.246 e. The maximum atomic E-state index is 14.0. The molecule has 3 N–H and O–H groups in total. The van der Waals surface area contributed by atoms with Crippen LogP contribution in [0.2, 0.25) is 0 Å². The lowest BCUT2D eigenvalue weighted by Gasteiger charge is -2.41. The normalized spacial score (nSPS) is 23.4. The molecule has 4 rings (SSSR count). The minimum atomic E-state index is -3.96. The first-order chi connectivity index (χ1) is 16.0. The molecular weight excluding hydrogens is 473 g/mol. The van der Waals surface area contributed by atoms with Crippen molar-refractivity contribution < 1.29 is 30.9 Å². The number of rotatable bonds is 7. The van der Waals surface area contributed by atoms with E-state index in [0.29, 0.717) is 18.9 Å². The van der Waals surface area contributed by atoms with Gasteiger partial charge >= 0.3 is 0 Å². The molecule has 1 aromatic carbocycles. The summed E-state index contributed by atoms with van der Waals surface area (Å²) in [7, 11) is -3.96. The van der Waals surface area contributed by atoms with Crippen molar-refractivity contribution in [3.8, 4) is 0 Å². The first kappa shape index (κ1) is 24.7. The van der Waals surface area contributed by atoms with Gasteiger partial charge in [0.05, 0.1) is 6.54 Å². The summed E-state index contributed by atoms with van der Waals surface area (Å²) >= 11 is 0. The predicted molar refractivity (Wildman–Crippen MR) is 116 cm³/mol. The monoisotopic (exact) mass is 500 g/mol. The average molecular weight is 501 g/mol. The number of aromatic nitrogens is 1. The molecule has 0 spiro atoms. The van der Waals surface area contributed by atoms with Crippen LogP contribution in [0.5, 0.6) is 0 Å². The van der Waals surface area contributed by atoms with Crippen LogP contribution in [0.1, 0.15) is 42.7 Å². The van der Waals surface area contributed by atoms with Gasteiger partial charge in [-0.3, -0.25) is 4.79 Å². The van der Waals surface area contributed by atoms with Gasteiger partial charge < -0.3 is 15.2 Å². The largest absolute Gasteiger partial charge is 0.360 e. The van der Waals surface area contributed by atoms with E-state index in [0.717, 1.165) is 18.9 Å². The molecule has 2 bridgehead atoms. The highest BCUT2D eigenvalue weighted by molar-refractivity contribution is 7.89. The summed E-state index contributed by atoms with van der Waals surface area (Å²) in [6, 6.07) is 0.647. The number of benzene rings is 1. The second kappa shape index (κ2) is 9.31. The van der Waals surface area contributed by atoms with Crippen LogP contribution in [-0.4, -0.2) is 49.1 Å². The highest BCUT2D eigenvalue weighted by Gasteiger charge is 2.44. The van der Waals surface area contributed by atoms with Crippen LogP contribution in [0.3, 0.4) is 0 Å². The van der Waals surface area contributed by atoms with Gasteiger partial charge in [0, 0.05) is 24.2 Å². The second-order valence-electron chi connectivity index (χ2n) is 9.12. The van der Waals surface area contributed by atoms with Gasteiger partial charge in [-0.2, -0.15) is 0 Å². The number of carbonyl (C=O) groups is 1. The van der Waals surface area contributed by atoms with E-state index >= 15 is 0 Å². The number of nitrogens with one attached hydrogen (secondary N) is 1. The number of halogens is 3. The SMILES string of the molecule is Cc1noc(C)c1S(=O)(=O)NCC(=O)N1[C@@H]2CC[C@H]1CC([C@H](N)Cc1cc(F)c(F)cc1F)C2. The average Bonchev–Trinajstić information content (AvgIpc) is 3.25. The molecule has 0 radical (unpaired) electrons. The Bertz CT molecular complexity index is 1170. The highest BCUT2D eigenvalue weighted by atomic mass is 32.2. The topological polar surface area (TPSA) is 119 Å². The van der Waals surface area contributed by atoms with Crippen LogP contribution in [0, 0.1) is 37.2 Å². The zero-order chi connectivity index (χ0) is 24.8. The first-order valence-corrected chi connectivity index (χ1v) is 12.6. The van der Waals surface area contributed by atoms with Crippen LogP contribution in [-0.2, 0) is 21.2 Å². The van der Waals surface area contributed by atoms with Crippen LogP contribution in [0.25, 0.3) is 0 Å². The van der Waals surface area contributed by atoms with Gasteiger partial charge in [-0.15, -0.1) is 0 Å².